The van der Waals surface area contributed by atoms with Crippen LogP contribution in [-0.4, -0.2) is 29.0 Å². The number of hydrogen-bond acceptors (Lipinski definition) is 3. The highest BCUT2D eigenvalue weighted by Gasteiger charge is 2.38. The van der Waals surface area contributed by atoms with E-state index in [4.69, 9.17) is 0 Å². The highest BCUT2D eigenvalue weighted by atomic mass is 32.2. The minimum atomic E-state index is -3.71. The fourth-order valence-electron chi connectivity index (χ4n) is 3.65. The number of para-hydroxylation sites is 1. The highest BCUT2D eigenvalue weighted by molar-refractivity contribution is 7.89. The molecule has 5 nitrogen and oxygen atoms in total. The lowest BCUT2D eigenvalue weighted by molar-refractivity contribution is 0.396. The monoisotopic (exact) mass is 385 g/mol. The summed E-state index contributed by atoms with van der Waals surface area (Å²) in [5.74, 6) is -0.328. The molecule has 7 heteroatoms. The third-order valence-corrected chi connectivity index (χ3v) is 7.02. The molecule has 4 rings (SSSR count). The average Bonchev–Trinajstić information content (AvgIpc) is 3.31. The molecule has 2 heterocycles. The maximum atomic E-state index is 13.3. The summed E-state index contributed by atoms with van der Waals surface area (Å²) in [7, 11) is -3.71. The fraction of sp³-hybridized carbons (Fsp3) is 0.250. The predicted octanol–water partition coefficient (Wildman–Crippen LogP) is 3.85. The van der Waals surface area contributed by atoms with Crippen LogP contribution in [0.2, 0.25) is 0 Å². The Kier molecular flexibility index (Phi) is 4.57. The van der Waals surface area contributed by atoms with E-state index in [1.807, 2.05) is 30.3 Å². The van der Waals surface area contributed by atoms with Gasteiger partial charge in [0.15, 0.2) is 0 Å². The first-order valence-corrected chi connectivity index (χ1v) is 10.3. The summed E-state index contributed by atoms with van der Waals surface area (Å²) in [5.41, 5.74) is 2.20. The van der Waals surface area contributed by atoms with Crippen LogP contribution < -0.4 is 0 Å². The van der Waals surface area contributed by atoms with E-state index in [0.29, 0.717) is 12.2 Å². The van der Waals surface area contributed by atoms with Crippen molar-refractivity contribution in [3.05, 3.63) is 77.9 Å². The zero-order valence-electron chi connectivity index (χ0n) is 14.9. The Hall–Kier alpha value is -2.51. The zero-order valence-corrected chi connectivity index (χ0v) is 15.7. The van der Waals surface area contributed by atoms with Gasteiger partial charge in [0.1, 0.15) is 10.7 Å². The van der Waals surface area contributed by atoms with Gasteiger partial charge in [0.25, 0.3) is 0 Å². The molecule has 2 aromatic carbocycles. The van der Waals surface area contributed by atoms with Gasteiger partial charge in [-0.25, -0.2) is 17.5 Å². The topological polar surface area (TPSA) is 55.2 Å². The predicted molar refractivity (Wildman–Crippen MR) is 101 cm³/mol. The quantitative estimate of drug-likeness (QED) is 0.686. The number of sulfonamides is 1. The van der Waals surface area contributed by atoms with Crippen molar-refractivity contribution in [3.63, 3.8) is 0 Å². The minimum Gasteiger partial charge on any atom is -0.237 e. The molecule has 0 aliphatic carbocycles. The SMILES string of the molecule is Cc1c(S(=O)(=O)N2CCC[C@H]2c2ccc(F)cc2)cnn1-c1ccccc1. The van der Waals surface area contributed by atoms with Gasteiger partial charge in [0.2, 0.25) is 10.0 Å². The second-order valence-corrected chi connectivity index (χ2v) is 8.53. The molecule has 0 amide bonds. The summed E-state index contributed by atoms with van der Waals surface area (Å²) in [5, 5.41) is 4.29. The van der Waals surface area contributed by atoms with Crippen molar-refractivity contribution in [1.82, 2.24) is 14.1 Å². The molecule has 3 aromatic rings. The number of halogens is 1. The van der Waals surface area contributed by atoms with E-state index >= 15 is 0 Å². The molecule has 0 spiro atoms. The molecule has 0 unspecified atom stereocenters. The van der Waals surface area contributed by atoms with Gasteiger partial charge in [0.05, 0.1) is 23.6 Å². The first-order valence-electron chi connectivity index (χ1n) is 8.86. The normalized spacial score (nSPS) is 18.1. The van der Waals surface area contributed by atoms with Crippen LogP contribution in [-0.2, 0) is 10.0 Å². The molecule has 1 aromatic heterocycles. The van der Waals surface area contributed by atoms with Gasteiger partial charge in [-0.05, 0) is 49.6 Å². The van der Waals surface area contributed by atoms with E-state index in [0.717, 1.165) is 24.1 Å². The Morgan fingerprint density at radius 2 is 1.78 bits per heavy atom. The van der Waals surface area contributed by atoms with Crippen LogP contribution in [0.3, 0.4) is 0 Å². The van der Waals surface area contributed by atoms with E-state index in [-0.39, 0.29) is 16.8 Å². The number of benzene rings is 2. The van der Waals surface area contributed by atoms with E-state index < -0.39 is 10.0 Å². The summed E-state index contributed by atoms with van der Waals surface area (Å²) in [4.78, 5) is 0.209. The van der Waals surface area contributed by atoms with Crippen LogP contribution in [0, 0.1) is 12.7 Å². The molecule has 1 saturated heterocycles. The molecule has 1 atom stereocenters. The van der Waals surface area contributed by atoms with Crippen molar-refractivity contribution in [1.29, 1.82) is 0 Å². The first-order chi connectivity index (χ1) is 13.0. The smallest absolute Gasteiger partial charge is 0.237 e. The molecule has 0 N–H and O–H groups in total. The summed E-state index contributed by atoms with van der Waals surface area (Å²) < 4.78 is 43.1. The first kappa shape index (κ1) is 17.9. The van der Waals surface area contributed by atoms with Crippen LogP contribution >= 0.6 is 0 Å². The lowest BCUT2D eigenvalue weighted by Gasteiger charge is -2.24. The maximum absolute atomic E-state index is 13.3. The average molecular weight is 385 g/mol. The third kappa shape index (κ3) is 3.17. The largest absolute Gasteiger partial charge is 0.247 e. The van der Waals surface area contributed by atoms with Crippen LogP contribution in [0.25, 0.3) is 5.69 Å². The van der Waals surface area contributed by atoms with Crippen molar-refractivity contribution in [2.75, 3.05) is 6.54 Å². The van der Waals surface area contributed by atoms with Crippen molar-refractivity contribution in [2.24, 2.45) is 0 Å². The van der Waals surface area contributed by atoms with Gasteiger partial charge in [0, 0.05) is 6.54 Å². The molecule has 140 valence electrons. The lowest BCUT2D eigenvalue weighted by Crippen LogP contribution is -2.31. The molecule has 27 heavy (non-hydrogen) atoms. The Morgan fingerprint density at radius 1 is 1.07 bits per heavy atom. The van der Waals surface area contributed by atoms with Gasteiger partial charge in [-0.1, -0.05) is 30.3 Å². The molecule has 1 aliphatic rings. The van der Waals surface area contributed by atoms with Crippen molar-refractivity contribution in [2.45, 2.75) is 30.7 Å². The molecule has 0 radical (unpaired) electrons. The Morgan fingerprint density at radius 3 is 2.48 bits per heavy atom. The molecule has 0 saturated carbocycles. The number of hydrogen-bond donors (Lipinski definition) is 0. The van der Waals surface area contributed by atoms with Crippen LogP contribution in [0.15, 0.2) is 65.7 Å². The van der Waals surface area contributed by atoms with E-state index in [1.165, 1.54) is 22.6 Å². The van der Waals surface area contributed by atoms with Gasteiger partial charge in [-0.3, -0.25) is 0 Å². The minimum absolute atomic E-state index is 0.209. The Bertz CT molecular complexity index is 1050. The summed E-state index contributed by atoms with van der Waals surface area (Å²) in [6.45, 7) is 2.20. The van der Waals surface area contributed by atoms with Gasteiger partial charge >= 0.3 is 0 Å². The molecule has 1 aliphatic heterocycles. The summed E-state index contributed by atoms with van der Waals surface area (Å²) in [6.07, 6.45) is 2.90. The summed E-state index contributed by atoms with van der Waals surface area (Å²) in [6, 6.07) is 15.2. The third-order valence-electron chi connectivity index (χ3n) is 5.01. The molecule has 0 bridgehead atoms. The van der Waals surface area contributed by atoms with E-state index in [9.17, 15) is 12.8 Å². The van der Waals surface area contributed by atoms with E-state index in [1.54, 1.807) is 23.7 Å². The Balaban J connectivity index is 1.71. The number of nitrogens with zero attached hydrogens (tertiary/aromatic N) is 3. The van der Waals surface area contributed by atoms with Gasteiger partial charge in [-0.2, -0.15) is 9.40 Å². The zero-order chi connectivity index (χ0) is 19.0. The second-order valence-electron chi connectivity index (χ2n) is 6.67. The van der Waals surface area contributed by atoms with Crippen LogP contribution in [0.5, 0.6) is 0 Å². The van der Waals surface area contributed by atoms with Gasteiger partial charge < -0.3 is 0 Å². The Labute approximate surface area is 158 Å². The molecular weight excluding hydrogens is 365 g/mol. The van der Waals surface area contributed by atoms with Gasteiger partial charge in [-0.15, -0.1) is 0 Å². The van der Waals surface area contributed by atoms with Crippen LogP contribution in [0.4, 0.5) is 4.39 Å². The van der Waals surface area contributed by atoms with Crippen LogP contribution in [0.1, 0.15) is 30.1 Å². The fourth-order valence-corrected chi connectivity index (χ4v) is 5.47. The van der Waals surface area contributed by atoms with Crippen molar-refractivity contribution >= 4 is 10.0 Å². The molecular formula is C20H20FN3O2S. The highest BCUT2D eigenvalue weighted by Crippen LogP contribution is 2.37. The second kappa shape index (κ2) is 6.90. The lowest BCUT2D eigenvalue weighted by atomic mass is 10.1. The summed E-state index contributed by atoms with van der Waals surface area (Å²) >= 11 is 0. The van der Waals surface area contributed by atoms with Crippen molar-refractivity contribution in [3.8, 4) is 5.69 Å². The number of rotatable bonds is 4. The maximum Gasteiger partial charge on any atom is 0.247 e. The standard InChI is InChI=1S/C20H20FN3O2S/c1-15-20(14-22-24(15)18-6-3-2-4-7-18)27(25,26)23-13-5-8-19(23)16-9-11-17(21)12-10-16/h2-4,6-7,9-12,14,19H,5,8,13H2,1H3/t19-/m0/s1. The molecule has 1 fully saturated rings. The van der Waals surface area contributed by atoms with E-state index in [2.05, 4.69) is 5.10 Å². The van der Waals surface area contributed by atoms with Crippen molar-refractivity contribution < 1.29 is 12.8 Å². The number of aromatic nitrogens is 2.